The number of nitro benzene ring substituents is 2. The molecule has 0 heterocycles. The Morgan fingerprint density at radius 3 is 1.73 bits per heavy atom. The summed E-state index contributed by atoms with van der Waals surface area (Å²) in [4.78, 5) is 30.2. The number of nitrogens with zero attached hydrogens (tertiary/aromatic N) is 2. The van der Waals surface area contributed by atoms with Crippen molar-refractivity contribution in [2.75, 3.05) is 0 Å². The molecule has 0 aliphatic rings. The molecule has 1 aromatic rings. The smallest absolute Gasteiger partial charge is 0.277 e. The van der Waals surface area contributed by atoms with Crippen LogP contribution in [0.3, 0.4) is 0 Å². The second-order valence-electron chi connectivity index (χ2n) is 2.81. The van der Waals surface area contributed by atoms with Crippen molar-refractivity contribution >= 4 is 17.2 Å². The van der Waals surface area contributed by atoms with Crippen LogP contribution in [0.15, 0.2) is 18.2 Å². The van der Waals surface area contributed by atoms with Crippen molar-refractivity contribution < 1.29 is 14.6 Å². The summed E-state index contributed by atoms with van der Waals surface area (Å²) in [6, 6.07) is 2.83. The molecular weight excluding hydrogens is 204 g/mol. The fraction of sp³-hybridized carbons (Fsp3) is 0.125. The second-order valence-corrected chi connectivity index (χ2v) is 2.81. The molecule has 15 heavy (non-hydrogen) atoms. The van der Waals surface area contributed by atoms with Crippen molar-refractivity contribution in [3.05, 3.63) is 44.0 Å². The first kappa shape index (κ1) is 10.8. The number of carbonyl (C=O) groups excluding carboxylic acids is 1. The third kappa shape index (κ3) is 2.33. The van der Waals surface area contributed by atoms with Crippen LogP contribution < -0.4 is 0 Å². The number of rotatable bonds is 3. The molecule has 0 saturated carbocycles. The highest BCUT2D eigenvalue weighted by Crippen LogP contribution is 2.22. The van der Waals surface area contributed by atoms with Crippen LogP contribution in [0.4, 0.5) is 11.4 Å². The molecule has 0 spiro atoms. The van der Waals surface area contributed by atoms with Gasteiger partial charge in [0.25, 0.3) is 11.4 Å². The second kappa shape index (κ2) is 3.82. The van der Waals surface area contributed by atoms with E-state index in [4.69, 9.17) is 0 Å². The SMILES string of the molecule is CC(=O)c1cc([N+](=O)[O-])cc([N+](=O)[O-])c1. The van der Waals surface area contributed by atoms with Gasteiger partial charge < -0.3 is 0 Å². The average Bonchev–Trinajstić information content (AvgIpc) is 2.16. The zero-order chi connectivity index (χ0) is 11.6. The quantitative estimate of drug-likeness (QED) is 0.429. The molecule has 0 aliphatic carbocycles. The van der Waals surface area contributed by atoms with Gasteiger partial charge in [0.2, 0.25) is 0 Å². The molecule has 7 heteroatoms. The predicted octanol–water partition coefficient (Wildman–Crippen LogP) is 1.71. The summed E-state index contributed by atoms with van der Waals surface area (Å²) in [7, 11) is 0. The minimum atomic E-state index is -0.778. The number of carbonyl (C=O) groups is 1. The van der Waals surface area contributed by atoms with E-state index in [2.05, 4.69) is 0 Å². The van der Waals surface area contributed by atoms with Gasteiger partial charge in [-0.3, -0.25) is 25.0 Å². The van der Waals surface area contributed by atoms with Crippen LogP contribution in [-0.4, -0.2) is 15.6 Å². The summed E-state index contributed by atoms with van der Waals surface area (Å²) in [6.07, 6.45) is 0. The lowest BCUT2D eigenvalue weighted by molar-refractivity contribution is -0.394. The van der Waals surface area contributed by atoms with Crippen molar-refractivity contribution in [2.24, 2.45) is 0 Å². The van der Waals surface area contributed by atoms with Crippen LogP contribution in [-0.2, 0) is 0 Å². The molecule has 1 rings (SSSR count). The van der Waals surface area contributed by atoms with Gasteiger partial charge in [0, 0.05) is 17.7 Å². The van der Waals surface area contributed by atoms with E-state index < -0.39 is 27.0 Å². The van der Waals surface area contributed by atoms with Gasteiger partial charge in [0.15, 0.2) is 5.78 Å². The lowest BCUT2D eigenvalue weighted by Gasteiger charge is -1.97. The molecule has 7 nitrogen and oxygen atoms in total. The van der Waals surface area contributed by atoms with Crippen molar-refractivity contribution in [3.8, 4) is 0 Å². The van der Waals surface area contributed by atoms with Gasteiger partial charge in [-0.25, -0.2) is 0 Å². The molecule has 0 bridgehead atoms. The van der Waals surface area contributed by atoms with Gasteiger partial charge in [-0.1, -0.05) is 0 Å². The summed E-state index contributed by atoms with van der Waals surface area (Å²) in [5, 5.41) is 20.8. The highest BCUT2D eigenvalue weighted by Gasteiger charge is 2.17. The van der Waals surface area contributed by atoms with E-state index in [0.717, 1.165) is 18.2 Å². The largest absolute Gasteiger partial charge is 0.295 e. The maximum Gasteiger partial charge on any atom is 0.277 e. The van der Waals surface area contributed by atoms with E-state index in [-0.39, 0.29) is 5.56 Å². The van der Waals surface area contributed by atoms with E-state index in [1.165, 1.54) is 6.92 Å². The molecular formula is C8H6N2O5. The highest BCUT2D eigenvalue weighted by atomic mass is 16.6. The first-order valence-corrected chi connectivity index (χ1v) is 3.86. The van der Waals surface area contributed by atoms with Crippen LogP contribution in [0.5, 0.6) is 0 Å². The normalized spacial score (nSPS) is 9.67. The third-order valence-corrected chi connectivity index (χ3v) is 1.73. The van der Waals surface area contributed by atoms with E-state index in [9.17, 15) is 25.0 Å². The lowest BCUT2D eigenvalue weighted by atomic mass is 10.1. The average molecular weight is 210 g/mol. The Hall–Kier alpha value is -2.31. The first-order chi connectivity index (χ1) is 6.91. The van der Waals surface area contributed by atoms with Crippen molar-refractivity contribution in [1.29, 1.82) is 0 Å². The standard InChI is InChI=1S/C8H6N2O5/c1-5(11)6-2-7(9(12)13)4-8(3-6)10(14)15/h2-4H,1H3. The summed E-state index contributed by atoms with van der Waals surface area (Å²) < 4.78 is 0. The molecule has 0 radical (unpaired) electrons. The topological polar surface area (TPSA) is 103 Å². The third-order valence-electron chi connectivity index (χ3n) is 1.73. The van der Waals surface area contributed by atoms with Crippen LogP contribution in [0.2, 0.25) is 0 Å². The fourth-order valence-electron chi connectivity index (χ4n) is 1.01. The van der Waals surface area contributed by atoms with E-state index in [1.807, 2.05) is 0 Å². The van der Waals surface area contributed by atoms with Crippen molar-refractivity contribution in [3.63, 3.8) is 0 Å². The Kier molecular flexibility index (Phi) is 2.75. The maximum absolute atomic E-state index is 10.9. The first-order valence-electron chi connectivity index (χ1n) is 3.86. The molecule has 0 atom stereocenters. The van der Waals surface area contributed by atoms with Gasteiger partial charge >= 0.3 is 0 Å². The minimum Gasteiger partial charge on any atom is -0.295 e. The number of non-ortho nitro benzene ring substituents is 2. The van der Waals surface area contributed by atoms with Gasteiger partial charge in [0.05, 0.1) is 15.9 Å². The van der Waals surface area contributed by atoms with Crippen LogP contribution in [0, 0.1) is 20.2 Å². The number of hydrogen-bond donors (Lipinski definition) is 0. The molecule has 78 valence electrons. The number of benzene rings is 1. The molecule has 0 saturated heterocycles. The summed E-state index contributed by atoms with van der Waals surface area (Å²) >= 11 is 0. The number of ketones is 1. The number of nitro groups is 2. The Labute approximate surface area is 83.6 Å². The maximum atomic E-state index is 10.9. The van der Waals surface area contributed by atoms with E-state index in [0.29, 0.717) is 0 Å². The van der Waals surface area contributed by atoms with Crippen LogP contribution in [0.25, 0.3) is 0 Å². The molecule has 0 amide bonds. The summed E-state index contributed by atoms with van der Waals surface area (Å²) in [5.41, 5.74) is -0.972. The van der Waals surface area contributed by atoms with Gasteiger partial charge in [-0.05, 0) is 6.92 Å². The molecule has 0 fully saturated rings. The van der Waals surface area contributed by atoms with E-state index in [1.54, 1.807) is 0 Å². The number of Topliss-reactive ketones (excluding diaryl/α,β-unsaturated/α-hetero) is 1. The fourth-order valence-corrected chi connectivity index (χ4v) is 1.01. The zero-order valence-electron chi connectivity index (χ0n) is 7.67. The predicted molar refractivity (Wildman–Crippen MR) is 49.8 cm³/mol. The van der Waals surface area contributed by atoms with Crippen molar-refractivity contribution in [1.82, 2.24) is 0 Å². The lowest BCUT2D eigenvalue weighted by Crippen LogP contribution is -1.98. The molecule has 0 unspecified atom stereocenters. The van der Waals surface area contributed by atoms with Gasteiger partial charge in [-0.15, -0.1) is 0 Å². The van der Waals surface area contributed by atoms with E-state index >= 15 is 0 Å². The summed E-state index contributed by atoms with van der Waals surface area (Å²) in [5.74, 6) is -0.457. The monoisotopic (exact) mass is 210 g/mol. The summed E-state index contributed by atoms with van der Waals surface area (Å²) in [6.45, 7) is 1.18. The highest BCUT2D eigenvalue weighted by molar-refractivity contribution is 5.95. The molecule has 0 N–H and O–H groups in total. The zero-order valence-corrected chi connectivity index (χ0v) is 7.67. The minimum absolute atomic E-state index is 0.0455. The Morgan fingerprint density at radius 2 is 1.47 bits per heavy atom. The molecule has 1 aromatic carbocycles. The Bertz CT molecular complexity index is 375. The number of hydrogen-bond acceptors (Lipinski definition) is 5. The molecule has 0 aliphatic heterocycles. The van der Waals surface area contributed by atoms with Crippen LogP contribution in [0.1, 0.15) is 17.3 Å². The molecule has 0 aromatic heterocycles. The Morgan fingerprint density at radius 1 is 1.07 bits per heavy atom. The Balaban J connectivity index is 3.39. The van der Waals surface area contributed by atoms with Gasteiger partial charge in [-0.2, -0.15) is 0 Å². The van der Waals surface area contributed by atoms with Gasteiger partial charge in [0.1, 0.15) is 0 Å². The van der Waals surface area contributed by atoms with Crippen molar-refractivity contribution in [2.45, 2.75) is 6.92 Å². The van der Waals surface area contributed by atoms with Crippen LogP contribution >= 0.6 is 0 Å².